The standard InChI is InChI=1S/C24H34N4O3/c1-31-22-8-3-2-5-20(22)9-10-23(29)27-13-11-25(12-14-27)19-24(30)28-17-15-26(16-18-28)21-6-4-7-21/h2-3,5,8-10,21H,4,6-7,11-19H2,1H3. The maximum absolute atomic E-state index is 12.7. The average molecular weight is 427 g/mol. The van der Waals surface area contributed by atoms with E-state index >= 15 is 0 Å². The van der Waals surface area contributed by atoms with Gasteiger partial charge in [0.15, 0.2) is 0 Å². The lowest BCUT2D eigenvalue weighted by atomic mass is 9.91. The Hall–Kier alpha value is -2.38. The molecule has 4 rings (SSSR count). The summed E-state index contributed by atoms with van der Waals surface area (Å²) < 4.78 is 5.33. The predicted molar refractivity (Wildman–Crippen MR) is 121 cm³/mol. The minimum Gasteiger partial charge on any atom is -0.496 e. The van der Waals surface area contributed by atoms with Crippen LogP contribution in [0.25, 0.3) is 6.08 Å². The second-order valence-electron chi connectivity index (χ2n) is 8.68. The van der Waals surface area contributed by atoms with Gasteiger partial charge in [0, 0.05) is 70.0 Å². The molecule has 1 aromatic carbocycles. The highest BCUT2D eigenvalue weighted by Crippen LogP contribution is 2.25. The lowest BCUT2D eigenvalue weighted by Crippen LogP contribution is -2.56. The Labute approximate surface area is 185 Å². The molecule has 2 heterocycles. The third-order valence-corrected chi connectivity index (χ3v) is 6.85. The third-order valence-electron chi connectivity index (χ3n) is 6.85. The maximum atomic E-state index is 12.7. The number of amides is 2. The average Bonchev–Trinajstić information content (AvgIpc) is 2.77. The van der Waals surface area contributed by atoms with Crippen LogP contribution in [0, 0.1) is 0 Å². The number of benzene rings is 1. The number of hydrogen-bond acceptors (Lipinski definition) is 5. The van der Waals surface area contributed by atoms with Gasteiger partial charge in [-0.1, -0.05) is 24.6 Å². The predicted octanol–water partition coefficient (Wildman–Crippen LogP) is 1.55. The number of rotatable bonds is 6. The molecule has 7 nitrogen and oxygen atoms in total. The molecule has 1 aliphatic carbocycles. The zero-order valence-electron chi connectivity index (χ0n) is 18.5. The quantitative estimate of drug-likeness (QED) is 0.646. The second-order valence-corrected chi connectivity index (χ2v) is 8.68. The number of ether oxygens (including phenoxy) is 1. The first-order chi connectivity index (χ1) is 15.1. The van der Waals surface area contributed by atoms with Gasteiger partial charge >= 0.3 is 0 Å². The van der Waals surface area contributed by atoms with Crippen LogP contribution in [-0.2, 0) is 9.59 Å². The molecule has 0 spiro atoms. The molecule has 7 heteroatoms. The van der Waals surface area contributed by atoms with Crippen molar-refractivity contribution in [3.63, 3.8) is 0 Å². The Balaban J connectivity index is 1.19. The Bertz CT molecular complexity index is 792. The molecular formula is C24H34N4O3. The number of carbonyl (C=O) groups is 2. The summed E-state index contributed by atoms with van der Waals surface area (Å²) in [6.07, 6.45) is 7.42. The van der Waals surface area contributed by atoms with Crippen molar-refractivity contribution < 1.29 is 14.3 Å². The Morgan fingerprint density at radius 3 is 2.29 bits per heavy atom. The van der Waals surface area contributed by atoms with E-state index in [0.717, 1.165) is 56.6 Å². The normalized spacial score (nSPS) is 21.3. The molecule has 0 radical (unpaired) electrons. The Kier molecular flexibility index (Phi) is 7.25. The molecule has 0 bridgehead atoms. The fraction of sp³-hybridized carbons (Fsp3) is 0.583. The van der Waals surface area contributed by atoms with Crippen LogP contribution >= 0.6 is 0 Å². The smallest absolute Gasteiger partial charge is 0.246 e. The van der Waals surface area contributed by atoms with E-state index < -0.39 is 0 Å². The van der Waals surface area contributed by atoms with E-state index in [2.05, 4.69) is 9.80 Å². The molecule has 2 saturated heterocycles. The minimum atomic E-state index is 0.00370. The van der Waals surface area contributed by atoms with Gasteiger partial charge < -0.3 is 14.5 Å². The zero-order chi connectivity index (χ0) is 21.6. The molecule has 0 unspecified atom stereocenters. The van der Waals surface area contributed by atoms with Crippen molar-refractivity contribution in [3.05, 3.63) is 35.9 Å². The molecule has 1 aromatic rings. The lowest BCUT2D eigenvalue weighted by molar-refractivity contribution is -0.135. The summed E-state index contributed by atoms with van der Waals surface area (Å²) in [6.45, 7) is 6.96. The highest BCUT2D eigenvalue weighted by atomic mass is 16.5. The van der Waals surface area contributed by atoms with Crippen LogP contribution in [0.5, 0.6) is 5.75 Å². The van der Waals surface area contributed by atoms with E-state index in [9.17, 15) is 9.59 Å². The molecule has 0 N–H and O–H groups in total. The fourth-order valence-corrected chi connectivity index (χ4v) is 4.58. The summed E-state index contributed by atoms with van der Waals surface area (Å²) in [6, 6.07) is 8.41. The molecule has 2 aliphatic heterocycles. The van der Waals surface area contributed by atoms with Crippen molar-refractivity contribution in [2.24, 2.45) is 0 Å². The van der Waals surface area contributed by atoms with Crippen molar-refractivity contribution in [2.45, 2.75) is 25.3 Å². The number of hydrogen-bond donors (Lipinski definition) is 0. The molecule has 1 saturated carbocycles. The molecule has 3 aliphatic rings. The monoisotopic (exact) mass is 426 g/mol. The molecular weight excluding hydrogens is 392 g/mol. The molecule has 0 atom stereocenters. The molecule has 2 amide bonds. The lowest BCUT2D eigenvalue weighted by Gasteiger charge is -2.43. The van der Waals surface area contributed by atoms with E-state index in [-0.39, 0.29) is 11.8 Å². The Morgan fingerprint density at radius 1 is 0.968 bits per heavy atom. The van der Waals surface area contributed by atoms with Crippen molar-refractivity contribution in [1.82, 2.24) is 19.6 Å². The van der Waals surface area contributed by atoms with Gasteiger partial charge in [-0.2, -0.15) is 0 Å². The largest absolute Gasteiger partial charge is 0.496 e. The topological polar surface area (TPSA) is 56.3 Å². The summed E-state index contributed by atoms with van der Waals surface area (Å²) in [5.74, 6) is 0.983. The van der Waals surface area contributed by atoms with Crippen LogP contribution in [0.3, 0.4) is 0 Å². The summed E-state index contributed by atoms with van der Waals surface area (Å²) in [5.41, 5.74) is 0.889. The van der Waals surface area contributed by atoms with Crippen LogP contribution in [0.2, 0.25) is 0 Å². The van der Waals surface area contributed by atoms with Crippen molar-refractivity contribution >= 4 is 17.9 Å². The van der Waals surface area contributed by atoms with Crippen LogP contribution in [0.4, 0.5) is 0 Å². The van der Waals surface area contributed by atoms with Crippen LogP contribution in [0.15, 0.2) is 30.3 Å². The Morgan fingerprint density at radius 2 is 1.65 bits per heavy atom. The number of carbonyl (C=O) groups excluding carboxylic acids is 2. The fourth-order valence-electron chi connectivity index (χ4n) is 4.58. The van der Waals surface area contributed by atoms with Gasteiger partial charge in [0.1, 0.15) is 5.75 Å². The first-order valence-electron chi connectivity index (χ1n) is 11.5. The van der Waals surface area contributed by atoms with E-state index in [1.807, 2.05) is 34.1 Å². The maximum Gasteiger partial charge on any atom is 0.246 e. The van der Waals surface area contributed by atoms with E-state index in [1.54, 1.807) is 19.3 Å². The first-order valence-corrected chi connectivity index (χ1v) is 11.5. The van der Waals surface area contributed by atoms with E-state index in [4.69, 9.17) is 4.74 Å². The summed E-state index contributed by atoms with van der Waals surface area (Å²) in [7, 11) is 1.63. The third kappa shape index (κ3) is 5.46. The summed E-state index contributed by atoms with van der Waals surface area (Å²) >= 11 is 0. The van der Waals surface area contributed by atoms with Gasteiger partial charge in [-0.05, 0) is 25.0 Å². The van der Waals surface area contributed by atoms with Gasteiger partial charge in [-0.25, -0.2) is 0 Å². The molecule has 0 aromatic heterocycles. The highest BCUT2D eigenvalue weighted by Gasteiger charge is 2.30. The van der Waals surface area contributed by atoms with Crippen LogP contribution in [-0.4, -0.2) is 103 Å². The minimum absolute atomic E-state index is 0.00370. The van der Waals surface area contributed by atoms with E-state index in [0.29, 0.717) is 19.6 Å². The molecule has 168 valence electrons. The highest BCUT2D eigenvalue weighted by molar-refractivity contribution is 5.92. The second kappa shape index (κ2) is 10.3. The summed E-state index contributed by atoms with van der Waals surface area (Å²) in [4.78, 5) is 33.9. The van der Waals surface area contributed by atoms with E-state index in [1.165, 1.54) is 19.3 Å². The number of piperazine rings is 2. The van der Waals surface area contributed by atoms with Crippen molar-refractivity contribution in [3.8, 4) is 5.75 Å². The van der Waals surface area contributed by atoms with Gasteiger partial charge in [0.2, 0.25) is 11.8 Å². The summed E-state index contributed by atoms with van der Waals surface area (Å²) in [5, 5.41) is 0. The van der Waals surface area contributed by atoms with Gasteiger partial charge in [0.25, 0.3) is 0 Å². The number of methoxy groups -OCH3 is 1. The zero-order valence-corrected chi connectivity index (χ0v) is 18.5. The van der Waals surface area contributed by atoms with Gasteiger partial charge in [-0.3, -0.25) is 19.4 Å². The van der Waals surface area contributed by atoms with Crippen molar-refractivity contribution in [1.29, 1.82) is 0 Å². The van der Waals surface area contributed by atoms with Crippen molar-refractivity contribution in [2.75, 3.05) is 66.0 Å². The first kappa shape index (κ1) is 21.8. The number of nitrogens with zero attached hydrogens (tertiary/aromatic N) is 4. The molecule has 3 fully saturated rings. The van der Waals surface area contributed by atoms with Gasteiger partial charge in [0.05, 0.1) is 13.7 Å². The SMILES string of the molecule is COc1ccccc1C=CC(=O)N1CCN(CC(=O)N2CCN(C3CCC3)CC2)CC1. The van der Waals surface area contributed by atoms with Gasteiger partial charge in [-0.15, -0.1) is 0 Å². The van der Waals surface area contributed by atoms with Crippen LogP contribution in [0.1, 0.15) is 24.8 Å². The van der Waals surface area contributed by atoms with Crippen LogP contribution < -0.4 is 4.74 Å². The number of para-hydroxylation sites is 1. The molecule has 31 heavy (non-hydrogen) atoms.